The predicted octanol–water partition coefficient (Wildman–Crippen LogP) is 2.14. The van der Waals surface area contributed by atoms with Gasteiger partial charge in [-0.1, -0.05) is 24.3 Å². The summed E-state index contributed by atoms with van der Waals surface area (Å²) in [6.07, 6.45) is 0.0213. The number of aliphatic hydroxyl groups is 1. The third-order valence-corrected chi connectivity index (χ3v) is 8.47. The van der Waals surface area contributed by atoms with Gasteiger partial charge in [0.05, 0.1) is 17.4 Å². The number of aromatic hydroxyl groups is 1. The van der Waals surface area contributed by atoms with Gasteiger partial charge in [-0.15, -0.1) is 0 Å². The zero-order valence-electron chi connectivity index (χ0n) is 21.6. The number of phenols is 1. The molecule has 1 fully saturated rings. The molecule has 2 bridgehead atoms. The Morgan fingerprint density at radius 1 is 1.15 bits per heavy atom. The SMILES string of the molecule is CC(=O)OC(CC(=O)OC1=CC[C@@]2(O)[C@H]3Cc4ccc(O)c5c4[C@@]2(CCN3C)[C@H]1O5)C(=O)Oc1ccccc1. The number of phenolic OH excluding ortho intramolecular Hbond substituents is 1. The number of benzene rings is 2. The van der Waals surface area contributed by atoms with Crippen LogP contribution >= 0.6 is 0 Å². The number of para-hydroxylation sites is 1. The Morgan fingerprint density at radius 3 is 2.67 bits per heavy atom. The lowest BCUT2D eigenvalue weighted by Gasteiger charge is -2.61. The number of carbonyl (C=O) groups excluding carboxylic acids is 3. The van der Waals surface area contributed by atoms with Crippen LogP contribution in [0.5, 0.6) is 17.2 Å². The summed E-state index contributed by atoms with van der Waals surface area (Å²) in [4.78, 5) is 39.7. The largest absolute Gasteiger partial charge is 0.504 e. The lowest BCUT2D eigenvalue weighted by Crippen LogP contribution is -2.74. The molecule has 39 heavy (non-hydrogen) atoms. The molecule has 2 aliphatic heterocycles. The maximum absolute atomic E-state index is 13.1. The summed E-state index contributed by atoms with van der Waals surface area (Å²) in [6, 6.07) is 11.5. The molecule has 2 aliphatic carbocycles. The second-order valence-electron chi connectivity index (χ2n) is 10.6. The van der Waals surface area contributed by atoms with Crippen molar-refractivity contribution in [2.75, 3.05) is 13.6 Å². The van der Waals surface area contributed by atoms with Crippen LogP contribution in [-0.2, 0) is 35.7 Å². The third-order valence-electron chi connectivity index (χ3n) is 8.47. The van der Waals surface area contributed by atoms with Crippen LogP contribution in [0.1, 0.15) is 37.3 Å². The minimum Gasteiger partial charge on any atom is -0.504 e. The monoisotopic (exact) mass is 535 g/mol. The van der Waals surface area contributed by atoms with Gasteiger partial charge in [-0.05, 0) is 56.3 Å². The zero-order chi connectivity index (χ0) is 27.5. The molecule has 0 aromatic heterocycles. The number of rotatable bonds is 6. The van der Waals surface area contributed by atoms with Crippen molar-refractivity contribution in [3.05, 3.63) is 65.4 Å². The van der Waals surface area contributed by atoms with Crippen LogP contribution in [0.4, 0.5) is 0 Å². The normalized spacial score (nSPS) is 28.8. The Hall–Kier alpha value is -3.89. The minimum atomic E-state index is -1.52. The highest BCUT2D eigenvalue weighted by molar-refractivity contribution is 5.85. The second-order valence-corrected chi connectivity index (χ2v) is 10.6. The average molecular weight is 536 g/mol. The maximum Gasteiger partial charge on any atom is 0.353 e. The first-order chi connectivity index (χ1) is 18.6. The Labute approximate surface area is 224 Å². The van der Waals surface area contributed by atoms with Gasteiger partial charge in [0, 0.05) is 24.9 Å². The van der Waals surface area contributed by atoms with E-state index in [9.17, 15) is 24.6 Å². The van der Waals surface area contributed by atoms with Crippen molar-refractivity contribution >= 4 is 17.9 Å². The number of hydrogen-bond acceptors (Lipinski definition) is 10. The molecular formula is C29H29NO9. The minimum absolute atomic E-state index is 0.0403. The van der Waals surface area contributed by atoms with Crippen LogP contribution < -0.4 is 9.47 Å². The van der Waals surface area contributed by atoms with E-state index in [1.165, 1.54) is 0 Å². The molecule has 0 radical (unpaired) electrons. The van der Waals surface area contributed by atoms with Crippen molar-refractivity contribution in [2.45, 2.75) is 61.9 Å². The van der Waals surface area contributed by atoms with Crippen molar-refractivity contribution in [3.8, 4) is 17.2 Å². The summed E-state index contributed by atoms with van der Waals surface area (Å²) in [7, 11) is 1.98. The third kappa shape index (κ3) is 3.81. The van der Waals surface area contributed by atoms with E-state index in [0.29, 0.717) is 25.1 Å². The van der Waals surface area contributed by atoms with Gasteiger partial charge in [-0.3, -0.25) is 9.59 Å². The molecule has 204 valence electrons. The summed E-state index contributed by atoms with van der Waals surface area (Å²) < 4.78 is 22.4. The standard InChI is InChI=1S/C29H29NO9/c1-16(31)36-21(27(34)37-18-6-4-3-5-7-18)15-23(33)38-20-10-11-29(35)22-14-17-8-9-19(32)25-24(17)28(29,26(20)39-25)12-13-30(22)2/h3-10,21-22,26,32,35H,11-15H2,1-2H3/t21?,22-,26+,28+,29-/m1/s1. The highest BCUT2D eigenvalue weighted by Crippen LogP contribution is 2.65. The van der Waals surface area contributed by atoms with Crippen LogP contribution in [0, 0.1) is 0 Å². The molecule has 2 aromatic carbocycles. The summed E-state index contributed by atoms with van der Waals surface area (Å²) in [5.74, 6) is -1.81. The number of piperidine rings is 1. The summed E-state index contributed by atoms with van der Waals surface area (Å²) >= 11 is 0. The quantitative estimate of drug-likeness (QED) is 0.419. The molecule has 2 aromatic rings. The van der Waals surface area contributed by atoms with Crippen LogP contribution in [0.3, 0.4) is 0 Å². The number of ether oxygens (including phenoxy) is 4. The first kappa shape index (κ1) is 25.4. The zero-order valence-corrected chi connectivity index (χ0v) is 21.6. The van der Waals surface area contributed by atoms with E-state index in [-0.39, 0.29) is 29.7 Å². The van der Waals surface area contributed by atoms with E-state index < -0.39 is 47.6 Å². The van der Waals surface area contributed by atoms with Crippen molar-refractivity contribution in [1.82, 2.24) is 4.90 Å². The number of carbonyl (C=O) groups is 3. The van der Waals surface area contributed by atoms with Crippen LogP contribution in [-0.4, -0.2) is 70.5 Å². The topological polar surface area (TPSA) is 132 Å². The molecule has 2 N–H and O–H groups in total. The fourth-order valence-electron chi connectivity index (χ4n) is 6.81. The summed E-state index contributed by atoms with van der Waals surface area (Å²) in [5.41, 5.74) is -0.368. The average Bonchev–Trinajstić information content (AvgIpc) is 3.25. The van der Waals surface area contributed by atoms with Gasteiger partial charge in [-0.2, -0.15) is 0 Å². The molecule has 0 saturated carbocycles. The number of likely N-dealkylation sites (tertiary alicyclic amines) is 1. The van der Waals surface area contributed by atoms with Gasteiger partial charge in [0.2, 0.25) is 6.10 Å². The van der Waals surface area contributed by atoms with Crippen LogP contribution in [0.15, 0.2) is 54.3 Å². The fraction of sp³-hybridized carbons (Fsp3) is 0.414. The predicted molar refractivity (Wildman–Crippen MR) is 135 cm³/mol. The van der Waals surface area contributed by atoms with E-state index in [4.69, 9.17) is 18.9 Å². The molecule has 1 unspecified atom stereocenters. The van der Waals surface area contributed by atoms with Gasteiger partial charge in [0.1, 0.15) is 11.5 Å². The molecule has 1 spiro atoms. The maximum atomic E-state index is 13.1. The van der Waals surface area contributed by atoms with Gasteiger partial charge in [0.25, 0.3) is 0 Å². The van der Waals surface area contributed by atoms with E-state index in [1.54, 1.807) is 42.5 Å². The Morgan fingerprint density at radius 2 is 1.92 bits per heavy atom. The van der Waals surface area contributed by atoms with E-state index in [1.807, 2.05) is 13.1 Å². The lowest BCUT2D eigenvalue weighted by molar-refractivity contribution is -0.172. The van der Waals surface area contributed by atoms with Crippen molar-refractivity contribution in [1.29, 1.82) is 0 Å². The van der Waals surface area contributed by atoms with Gasteiger partial charge in [0.15, 0.2) is 17.6 Å². The molecule has 1 saturated heterocycles. The van der Waals surface area contributed by atoms with Crippen molar-refractivity contribution in [3.63, 3.8) is 0 Å². The Kier molecular flexibility index (Phi) is 5.92. The van der Waals surface area contributed by atoms with Crippen molar-refractivity contribution in [2.24, 2.45) is 0 Å². The van der Waals surface area contributed by atoms with Gasteiger partial charge < -0.3 is 34.1 Å². The molecule has 5 atom stereocenters. The molecular weight excluding hydrogens is 506 g/mol. The van der Waals surface area contributed by atoms with E-state index in [2.05, 4.69) is 4.90 Å². The number of hydrogen-bond donors (Lipinski definition) is 2. The van der Waals surface area contributed by atoms with Crippen LogP contribution in [0.25, 0.3) is 0 Å². The second kappa shape index (κ2) is 9.10. The summed E-state index contributed by atoms with van der Waals surface area (Å²) in [6.45, 7) is 1.81. The number of nitrogens with zero attached hydrogens (tertiary/aromatic N) is 1. The first-order valence-electron chi connectivity index (χ1n) is 12.9. The molecule has 4 aliphatic rings. The fourth-order valence-corrected chi connectivity index (χ4v) is 6.81. The smallest absolute Gasteiger partial charge is 0.353 e. The highest BCUT2D eigenvalue weighted by Gasteiger charge is 2.72. The molecule has 10 nitrogen and oxygen atoms in total. The summed E-state index contributed by atoms with van der Waals surface area (Å²) in [5, 5.41) is 22.8. The van der Waals surface area contributed by atoms with Gasteiger partial charge >= 0.3 is 17.9 Å². The first-order valence-corrected chi connectivity index (χ1v) is 12.9. The molecule has 10 heteroatoms. The molecule has 6 rings (SSSR count). The lowest BCUT2D eigenvalue weighted by atomic mass is 9.50. The van der Waals surface area contributed by atoms with Gasteiger partial charge in [-0.25, -0.2) is 4.79 Å². The van der Waals surface area contributed by atoms with E-state index >= 15 is 0 Å². The Bertz CT molecular complexity index is 1390. The van der Waals surface area contributed by atoms with Crippen LogP contribution in [0.2, 0.25) is 0 Å². The number of likely N-dealkylation sites (N-methyl/N-ethyl adjacent to an activating group) is 1. The number of esters is 3. The van der Waals surface area contributed by atoms with Crippen molar-refractivity contribution < 1.29 is 43.5 Å². The molecule has 0 amide bonds. The van der Waals surface area contributed by atoms with E-state index in [0.717, 1.165) is 18.1 Å². The Balaban J connectivity index is 1.27. The molecule has 2 heterocycles. The highest BCUT2D eigenvalue weighted by atomic mass is 16.6.